The molecule has 0 saturated carbocycles. The third kappa shape index (κ3) is 20.7. The van der Waals surface area contributed by atoms with Crippen LogP contribution in [0.15, 0.2) is 55.0 Å². The summed E-state index contributed by atoms with van der Waals surface area (Å²) >= 11 is 0. The van der Waals surface area contributed by atoms with Crippen molar-refractivity contribution in [2.45, 2.75) is 156 Å². The van der Waals surface area contributed by atoms with E-state index in [0.717, 1.165) is 49.3 Å². The van der Waals surface area contributed by atoms with E-state index < -0.39 is 55.2 Å². The topological polar surface area (TPSA) is 286 Å². The Balaban J connectivity index is 0.000000294. The molecule has 26 heteroatoms. The highest BCUT2D eigenvalue weighted by Crippen LogP contribution is 2.30. The minimum Gasteiger partial charge on any atom is -0.444 e. The van der Waals surface area contributed by atoms with Gasteiger partial charge < -0.3 is 84.2 Å². The molecule has 3 aromatic rings. The number of nitro groups is 2. The van der Waals surface area contributed by atoms with Crippen LogP contribution in [0.1, 0.15) is 104 Å². The molecule has 3 unspecified atom stereocenters. The van der Waals surface area contributed by atoms with Crippen molar-refractivity contribution in [3.05, 3.63) is 81.0 Å². The van der Waals surface area contributed by atoms with Crippen LogP contribution >= 0.6 is 0 Å². The second kappa shape index (κ2) is 28.1. The summed E-state index contributed by atoms with van der Waals surface area (Å²) in [6, 6.07) is 8.81. The molecule has 0 aliphatic carbocycles. The Morgan fingerprint density at radius 3 is 1.26 bits per heavy atom. The Hall–Kier alpha value is -6.77. The molecule has 3 saturated heterocycles. The fourth-order valence-corrected chi connectivity index (χ4v) is 7.72. The zero-order valence-electron chi connectivity index (χ0n) is 50.0. The van der Waals surface area contributed by atoms with E-state index in [4.69, 9.17) is 34.2 Å². The van der Waals surface area contributed by atoms with Crippen LogP contribution in [-0.2, 0) is 28.4 Å². The molecule has 6 heterocycles. The molecule has 0 radical (unpaired) electrons. The normalized spacial score (nSPS) is 18.0. The quantitative estimate of drug-likeness (QED) is 0.110. The molecule has 3 aromatic heterocycles. The number of aromatic nitrogens is 3. The minimum atomic E-state index is -0.681. The summed E-state index contributed by atoms with van der Waals surface area (Å²) in [5.74, 6) is -0.612. The van der Waals surface area contributed by atoms with Crippen molar-refractivity contribution in [3.8, 4) is 0 Å². The summed E-state index contributed by atoms with van der Waals surface area (Å²) < 4.78 is 46.1. The lowest BCUT2D eigenvalue weighted by molar-refractivity contribution is -0.389. The van der Waals surface area contributed by atoms with Crippen molar-refractivity contribution in [1.29, 1.82) is 0 Å². The lowest BCUT2D eigenvalue weighted by Gasteiger charge is -2.46. The van der Waals surface area contributed by atoms with E-state index in [0.29, 0.717) is 45.3 Å². The summed E-state index contributed by atoms with van der Waals surface area (Å²) in [7, 11) is 5.21. The van der Waals surface area contributed by atoms with Gasteiger partial charge in [0.05, 0.1) is 72.3 Å². The van der Waals surface area contributed by atoms with E-state index >= 15 is 0 Å². The number of hydrogen-bond donors (Lipinski definition) is 2. The number of nitrogens with zero attached hydrogens (tertiary/aromatic N) is 10. The van der Waals surface area contributed by atoms with Gasteiger partial charge in [-0.25, -0.2) is 23.8 Å². The number of pyridine rings is 3. The van der Waals surface area contributed by atoms with E-state index in [1.165, 1.54) is 12.3 Å². The highest BCUT2D eigenvalue weighted by atomic mass is 19.1. The molecule has 448 valence electrons. The average Bonchev–Trinajstić information content (AvgIpc) is 3.37. The Labute approximate surface area is 470 Å². The predicted octanol–water partition coefficient (Wildman–Crippen LogP) is 8.10. The third-order valence-electron chi connectivity index (χ3n) is 13.3. The average molecular weight is 1130 g/mol. The van der Waals surface area contributed by atoms with Crippen LogP contribution in [0.25, 0.3) is 0 Å². The molecule has 6 rings (SSSR count). The third-order valence-corrected chi connectivity index (χ3v) is 13.3. The zero-order valence-corrected chi connectivity index (χ0v) is 50.0. The van der Waals surface area contributed by atoms with E-state index in [1.54, 1.807) is 54.2 Å². The van der Waals surface area contributed by atoms with Gasteiger partial charge in [-0.15, -0.1) is 0 Å². The minimum absolute atomic E-state index is 0.0243. The summed E-state index contributed by atoms with van der Waals surface area (Å²) in [5, 5.41) is 24.0. The number of nitrogen functional groups attached to an aromatic ring is 1. The molecule has 0 spiro atoms. The Bertz CT molecular complexity index is 2480. The van der Waals surface area contributed by atoms with Crippen molar-refractivity contribution in [1.82, 2.24) is 35.0 Å². The second-order valence-corrected chi connectivity index (χ2v) is 23.9. The number of rotatable bonds is 10. The fraction of sp³-hybridized carbons (Fsp3) is 0.667. The molecule has 3 fully saturated rings. The van der Waals surface area contributed by atoms with Gasteiger partial charge in [0.2, 0.25) is 0 Å². The van der Waals surface area contributed by atoms with Gasteiger partial charge in [-0.3, -0.25) is 0 Å². The smallest absolute Gasteiger partial charge is 0.410 e. The number of anilines is 3. The van der Waals surface area contributed by atoms with Crippen molar-refractivity contribution in [2.75, 3.05) is 95.8 Å². The van der Waals surface area contributed by atoms with Gasteiger partial charge in [0.25, 0.3) is 0 Å². The molecule has 25 nitrogen and oxygen atoms in total. The number of hydrogen-bond acceptors (Lipinski definition) is 20. The van der Waals surface area contributed by atoms with Crippen LogP contribution in [0, 0.1) is 26.0 Å². The zero-order chi connectivity index (χ0) is 60.8. The first-order valence-corrected chi connectivity index (χ1v) is 26.3. The van der Waals surface area contributed by atoms with Crippen molar-refractivity contribution < 1.29 is 57.0 Å². The number of carbonyl (C=O) groups is 3. The highest BCUT2D eigenvalue weighted by molar-refractivity contribution is 5.70. The maximum absolute atomic E-state index is 12.5. The first-order chi connectivity index (χ1) is 36.8. The summed E-state index contributed by atoms with van der Waals surface area (Å²) in [6.45, 7) is 34.4. The number of morpholine rings is 3. The van der Waals surface area contributed by atoms with Crippen LogP contribution in [-0.4, -0.2) is 190 Å². The molecule has 80 heavy (non-hydrogen) atoms. The Morgan fingerprint density at radius 1 is 0.588 bits per heavy atom. The summed E-state index contributed by atoms with van der Waals surface area (Å²) in [5.41, 5.74) is 4.31. The molecule has 3 aliphatic heterocycles. The first kappa shape index (κ1) is 67.5. The number of amides is 3. The lowest BCUT2D eigenvalue weighted by Crippen LogP contribution is -2.60. The molecule has 3 aliphatic rings. The summed E-state index contributed by atoms with van der Waals surface area (Å²) in [4.78, 5) is 76.8. The van der Waals surface area contributed by atoms with E-state index in [-0.39, 0.29) is 42.1 Å². The van der Waals surface area contributed by atoms with Crippen molar-refractivity contribution >= 4 is 47.1 Å². The van der Waals surface area contributed by atoms with Crippen LogP contribution < -0.4 is 20.9 Å². The standard InChI is InChI=1S/C18H28N4O5.C18H30N4O3.C13H26N2O3.C5H3FN2O2/c1-17(2,3)27-16(23)20(6)18(4,5)14-12-21(9-10-26-14)13-7-8-15(19-11-13)22(24)25;1-17(2,3)25-16(23)21(6)18(4,5)14-12-22(9-10-24-14)13-7-8-15(19)20-11-13;1-12(2,3)18-11(16)15(6)13(4,5)10-9-14-7-8-17-10;6-4-1-2-5(7-3-4)8(9)10/h7-8,11,14H,9-10,12H2,1-6H3;7-8,11,14H,9-10,12H2,1-6H3,(H2,19,20);10,14H,7-9H2,1-6H3;1-3H. The fourth-order valence-electron chi connectivity index (χ4n) is 7.72. The van der Waals surface area contributed by atoms with Crippen LogP contribution in [0.2, 0.25) is 0 Å². The molecule has 0 bridgehead atoms. The number of nitrogens with two attached hydrogens (primary N) is 1. The molecule has 3 atom stereocenters. The number of halogens is 1. The van der Waals surface area contributed by atoms with Crippen LogP contribution in [0.3, 0.4) is 0 Å². The Morgan fingerprint density at radius 2 is 0.950 bits per heavy atom. The maximum Gasteiger partial charge on any atom is 0.410 e. The van der Waals surface area contributed by atoms with Crippen LogP contribution in [0.4, 0.5) is 47.6 Å². The van der Waals surface area contributed by atoms with Gasteiger partial charge >= 0.3 is 29.9 Å². The Kier molecular flexibility index (Phi) is 23.7. The molecule has 3 N–H and O–H groups in total. The maximum atomic E-state index is 12.5. The largest absolute Gasteiger partial charge is 0.444 e. The SMILES string of the molecule is CN(C(=O)OC(C)(C)C)C(C)(C)C1CN(c2ccc(N)nc2)CCO1.CN(C(=O)OC(C)(C)C)C(C)(C)C1CN(c2ccc([N+](=O)[O-])nc2)CCO1.CN(C(=O)OC(C)(C)C)C(C)(C)C1CNCCO1.O=[N+]([O-])c1ccc(F)cn1. The van der Waals surface area contributed by atoms with E-state index in [1.807, 2.05) is 110 Å². The van der Waals surface area contributed by atoms with Gasteiger partial charge in [-0.1, -0.05) is 0 Å². The molecule has 3 amide bonds. The number of ether oxygens (including phenoxy) is 6. The molecule has 0 aromatic carbocycles. The van der Waals surface area contributed by atoms with E-state index in [2.05, 4.69) is 30.1 Å². The molecular formula is C54H87FN12O13. The van der Waals surface area contributed by atoms with Crippen molar-refractivity contribution in [2.24, 2.45) is 0 Å². The van der Waals surface area contributed by atoms with Gasteiger partial charge in [-0.2, -0.15) is 0 Å². The number of carbonyl (C=O) groups excluding carboxylic acids is 3. The van der Waals surface area contributed by atoms with Crippen molar-refractivity contribution in [3.63, 3.8) is 0 Å². The van der Waals surface area contributed by atoms with Gasteiger partial charge in [0.1, 0.15) is 22.6 Å². The van der Waals surface area contributed by atoms with Gasteiger partial charge in [-0.05, 0) is 148 Å². The lowest BCUT2D eigenvalue weighted by atomic mass is 9.94. The van der Waals surface area contributed by atoms with Crippen LogP contribution in [0.5, 0.6) is 0 Å². The van der Waals surface area contributed by atoms with Gasteiger partial charge in [0.15, 0.2) is 18.2 Å². The summed E-state index contributed by atoms with van der Waals surface area (Å²) in [6.07, 6.45) is 2.53. The number of nitrogens with one attached hydrogen (secondary N) is 1. The first-order valence-electron chi connectivity index (χ1n) is 26.3. The van der Waals surface area contributed by atoms with E-state index in [9.17, 15) is 39.0 Å². The predicted molar refractivity (Wildman–Crippen MR) is 301 cm³/mol. The number of likely N-dealkylation sites (N-methyl/N-ethyl adjacent to an activating group) is 3. The molecular weight excluding hydrogens is 1040 g/mol. The van der Waals surface area contributed by atoms with Gasteiger partial charge in [0, 0.05) is 72.5 Å². The second-order valence-electron chi connectivity index (χ2n) is 23.9. The highest BCUT2D eigenvalue weighted by Gasteiger charge is 2.44. The monoisotopic (exact) mass is 1130 g/mol.